The summed E-state index contributed by atoms with van der Waals surface area (Å²) in [5.74, 6) is 0.599. The van der Waals surface area contributed by atoms with Crippen LogP contribution in [0.4, 0.5) is 0 Å². The second-order valence-electron chi connectivity index (χ2n) is 4.82. The van der Waals surface area contributed by atoms with E-state index in [0.29, 0.717) is 29.9 Å². The van der Waals surface area contributed by atoms with Crippen LogP contribution in [0.1, 0.15) is 12.5 Å². The van der Waals surface area contributed by atoms with Gasteiger partial charge >= 0.3 is 0 Å². The molecule has 0 saturated carbocycles. The van der Waals surface area contributed by atoms with Gasteiger partial charge in [0.25, 0.3) is 0 Å². The highest BCUT2D eigenvalue weighted by Crippen LogP contribution is 2.35. The van der Waals surface area contributed by atoms with Crippen molar-refractivity contribution in [2.24, 2.45) is 0 Å². The first kappa shape index (κ1) is 16.8. The van der Waals surface area contributed by atoms with Gasteiger partial charge in [0, 0.05) is 20.6 Å². The zero-order valence-electron chi connectivity index (χ0n) is 12.3. The zero-order valence-corrected chi connectivity index (χ0v) is 13.9. The summed E-state index contributed by atoms with van der Waals surface area (Å²) < 4.78 is 5.97. The Morgan fingerprint density at radius 2 is 2.00 bits per heavy atom. The molecule has 0 saturated heterocycles. The Labute approximate surface area is 128 Å². The number of hydrogen-bond acceptors (Lipinski definition) is 4. The highest BCUT2D eigenvalue weighted by molar-refractivity contribution is 9.10. The molecule has 1 N–H and O–H groups in total. The molecule has 5 nitrogen and oxygen atoms in total. The van der Waals surface area contributed by atoms with E-state index in [0.717, 1.165) is 5.56 Å². The maximum absolute atomic E-state index is 11.6. The summed E-state index contributed by atoms with van der Waals surface area (Å²) in [6.07, 6.45) is 0. The summed E-state index contributed by atoms with van der Waals surface area (Å²) in [5, 5.41) is 9.86. The molecule has 1 aromatic rings. The average molecular weight is 345 g/mol. The van der Waals surface area contributed by atoms with Gasteiger partial charge in [0.2, 0.25) is 5.91 Å². The summed E-state index contributed by atoms with van der Waals surface area (Å²) in [7, 11) is 5.35. The summed E-state index contributed by atoms with van der Waals surface area (Å²) in [5.41, 5.74) is 0.965. The first-order valence-corrected chi connectivity index (χ1v) is 7.17. The van der Waals surface area contributed by atoms with E-state index in [1.165, 1.54) is 0 Å². The molecule has 1 amide bonds. The van der Waals surface area contributed by atoms with Gasteiger partial charge in [-0.1, -0.05) is 0 Å². The minimum absolute atomic E-state index is 0.0513. The lowest BCUT2D eigenvalue weighted by Crippen LogP contribution is -2.34. The molecule has 1 rings (SSSR count). The number of carbonyl (C=O) groups excluding carboxylic acids is 1. The minimum Gasteiger partial charge on any atom is -0.503 e. The maximum atomic E-state index is 11.6. The summed E-state index contributed by atoms with van der Waals surface area (Å²) in [6.45, 7) is 3.29. The topological polar surface area (TPSA) is 53.0 Å². The van der Waals surface area contributed by atoms with E-state index < -0.39 is 0 Å². The first-order valence-electron chi connectivity index (χ1n) is 6.38. The predicted molar refractivity (Wildman–Crippen MR) is 82.0 cm³/mol. The molecular formula is C14H21BrN2O3. The van der Waals surface area contributed by atoms with Crippen LogP contribution >= 0.6 is 15.9 Å². The van der Waals surface area contributed by atoms with E-state index in [4.69, 9.17) is 4.74 Å². The van der Waals surface area contributed by atoms with Crippen molar-refractivity contribution >= 4 is 21.8 Å². The standard InChI is InChI=1S/C14H21BrN2O3/c1-5-20-12-7-10(6-11(15)14(12)19)8-17(4)9-13(18)16(2)3/h6-7,19H,5,8-9H2,1-4H3. The largest absolute Gasteiger partial charge is 0.503 e. The Morgan fingerprint density at radius 3 is 2.55 bits per heavy atom. The maximum Gasteiger partial charge on any atom is 0.236 e. The summed E-state index contributed by atoms with van der Waals surface area (Å²) in [4.78, 5) is 15.1. The van der Waals surface area contributed by atoms with Crippen molar-refractivity contribution < 1.29 is 14.6 Å². The number of phenolic OH excluding ortho intramolecular Hbond substituents is 1. The van der Waals surface area contributed by atoms with Crippen molar-refractivity contribution in [3.05, 3.63) is 22.2 Å². The van der Waals surface area contributed by atoms with Crippen LogP contribution in [0, 0.1) is 0 Å². The molecule has 0 spiro atoms. The van der Waals surface area contributed by atoms with Crippen LogP contribution in [0.25, 0.3) is 0 Å². The second kappa shape index (κ2) is 7.50. The number of halogens is 1. The quantitative estimate of drug-likeness (QED) is 0.858. The van der Waals surface area contributed by atoms with E-state index in [9.17, 15) is 9.90 Å². The number of rotatable bonds is 6. The molecule has 1 aromatic carbocycles. The van der Waals surface area contributed by atoms with Crippen LogP contribution in [-0.2, 0) is 11.3 Å². The van der Waals surface area contributed by atoms with E-state index in [1.54, 1.807) is 25.1 Å². The first-order chi connectivity index (χ1) is 9.35. The molecule has 0 bridgehead atoms. The molecule has 0 aliphatic rings. The Morgan fingerprint density at radius 1 is 1.35 bits per heavy atom. The monoisotopic (exact) mass is 344 g/mol. The van der Waals surface area contributed by atoms with Gasteiger partial charge in [0.1, 0.15) is 0 Å². The van der Waals surface area contributed by atoms with Crippen molar-refractivity contribution in [1.82, 2.24) is 9.80 Å². The smallest absolute Gasteiger partial charge is 0.236 e. The lowest BCUT2D eigenvalue weighted by Gasteiger charge is -2.19. The number of amides is 1. The highest BCUT2D eigenvalue weighted by Gasteiger charge is 2.13. The van der Waals surface area contributed by atoms with Crippen LogP contribution in [0.2, 0.25) is 0 Å². The van der Waals surface area contributed by atoms with Crippen LogP contribution in [0.3, 0.4) is 0 Å². The second-order valence-corrected chi connectivity index (χ2v) is 5.67. The Kier molecular flexibility index (Phi) is 6.29. The molecule has 20 heavy (non-hydrogen) atoms. The number of likely N-dealkylation sites (N-methyl/N-ethyl adjacent to an activating group) is 2. The molecular weight excluding hydrogens is 324 g/mol. The zero-order chi connectivity index (χ0) is 15.3. The van der Waals surface area contributed by atoms with Gasteiger partial charge in [-0.25, -0.2) is 0 Å². The van der Waals surface area contributed by atoms with E-state index >= 15 is 0 Å². The fraction of sp³-hybridized carbons (Fsp3) is 0.500. The van der Waals surface area contributed by atoms with E-state index in [2.05, 4.69) is 15.9 Å². The summed E-state index contributed by atoms with van der Waals surface area (Å²) in [6, 6.07) is 3.62. The normalized spacial score (nSPS) is 10.7. The Balaban J connectivity index is 2.79. The average Bonchev–Trinajstić information content (AvgIpc) is 2.35. The van der Waals surface area contributed by atoms with Gasteiger partial charge in [0.15, 0.2) is 11.5 Å². The highest BCUT2D eigenvalue weighted by atomic mass is 79.9. The number of aromatic hydroxyl groups is 1. The van der Waals surface area contributed by atoms with Gasteiger partial charge in [0.05, 0.1) is 17.6 Å². The molecule has 0 unspecified atom stereocenters. The molecule has 0 fully saturated rings. The van der Waals surface area contributed by atoms with E-state index in [1.807, 2.05) is 24.9 Å². The Bertz CT molecular complexity index is 478. The van der Waals surface area contributed by atoms with Crippen molar-refractivity contribution in [3.63, 3.8) is 0 Å². The van der Waals surface area contributed by atoms with Gasteiger partial charge in [-0.2, -0.15) is 0 Å². The number of ether oxygens (including phenoxy) is 1. The van der Waals surface area contributed by atoms with Crippen molar-refractivity contribution in [2.75, 3.05) is 34.3 Å². The third-order valence-electron chi connectivity index (χ3n) is 2.74. The third kappa shape index (κ3) is 4.68. The molecule has 6 heteroatoms. The molecule has 0 aliphatic heterocycles. The molecule has 0 aromatic heterocycles. The molecule has 0 aliphatic carbocycles. The van der Waals surface area contributed by atoms with Gasteiger partial charge < -0.3 is 14.7 Å². The number of hydrogen-bond donors (Lipinski definition) is 1. The molecule has 0 atom stereocenters. The lowest BCUT2D eigenvalue weighted by molar-refractivity contribution is -0.129. The SMILES string of the molecule is CCOc1cc(CN(C)CC(=O)N(C)C)cc(Br)c1O. The number of phenols is 1. The molecule has 0 heterocycles. The van der Waals surface area contributed by atoms with Crippen LogP contribution in [0.15, 0.2) is 16.6 Å². The lowest BCUT2D eigenvalue weighted by atomic mass is 10.2. The number of carbonyl (C=O) groups is 1. The number of nitrogens with zero attached hydrogens (tertiary/aromatic N) is 2. The number of benzene rings is 1. The van der Waals surface area contributed by atoms with Gasteiger partial charge in [-0.3, -0.25) is 9.69 Å². The fourth-order valence-corrected chi connectivity index (χ4v) is 2.21. The van der Waals surface area contributed by atoms with Gasteiger partial charge in [-0.15, -0.1) is 0 Å². The van der Waals surface area contributed by atoms with Crippen LogP contribution < -0.4 is 4.74 Å². The summed E-state index contributed by atoms with van der Waals surface area (Å²) >= 11 is 3.31. The fourth-order valence-electron chi connectivity index (χ4n) is 1.72. The predicted octanol–water partition coefficient (Wildman–Crippen LogP) is 2.07. The Hall–Kier alpha value is -1.27. The minimum atomic E-state index is 0.0513. The van der Waals surface area contributed by atoms with Crippen molar-refractivity contribution in [3.8, 4) is 11.5 Å². The van der Waals surface area contributed by atoms with Crippen molar-refractivity contribution in [2.45, 2.75) is 13.5 Å². The van der Waals surface area contributed by atoms with Gasteiger partial charge in [-0.05, 0) is 47.6 Å². The molecule has 0 radical (unpaired) electrons. The van der Waals surface area contributed by atoms with Crippen LogP contribution in [0.5, 0.6) is 11.5 Å². The van der Waals surface area contributed by atoms with E-state index in [-0.39, 0.29) is 11.7 Å². The van der Waals surface area contributed by atoms with Crippen LogP contribution in [-0.4, -0.2) is 55.1 Å². The van der Waals surface area contributed by atoms with Crippen molar-refractivity contribution in [1.29, 1.82) is 0 Å². The molecule has 112 valence electrons. The third-order valence-corrected chi connectivity index (χ3v) is 3.35.